The first kappa shape index (κ1) is 20.6. The van der Waals surface area contributed by atoms with Gasteiger partial charge in [0.05, 0.1) is 0 Å². The van der Waals surface area contributed by atoms with E-state index in [9.17, 15) is 4.79 Å². The molecule has 2 N–H and O–H groups in total. The quantitative estimate of drug-likeness (QED) is 0.666. The van der Waals surface area contributed by atoms with Crippen molar-refractivity contribution in [3.05, 3.63) is 29.8 Å². The second kappa shape index (κ2) is 14.5. The highest BCUT2D eigenvalue weighted by molar-refractivity contribution is 5.78. The highest BCUT2D eigenvalue weighted by atomic mass is 16.1. The smallest absolute Gasteiger partial charge is 0.134 e. The molecule has 116 valence electrons. The number of nitrogens with two attached hydrogens (primary N) is 1. The maximum absolute atomic E-state index is 10.7. The molecule has 0 bridgehead atoms. The Morgan fingerprint density at radius 1 is 0.800 bits per heavy atom. The van der Waals surface area contributed by atoms with E-state index in [0.29, 0.717) is 6.42 Å². The molecule has 25 heavy (non-hydrogen) atoms. The van der Waals surface area contributed by atoms with Gasteiger partial charge in [-0.05, 0) is 95.7 Å². The highest BCUT2D eigenvalue weighted by Gasteiger charge is 1.95. The largest absolute Gasteiger partial charge is 0.399 e. The molecule has 0 unspecified atom stereocenters. The standard InChI is InChI=1S/C14H2.C9H11NO/c1-3-5-7-9-11-13-14-12-10-8-6-4-2;1-7(11)6-8-2-4-9(10)5-3-8/h1-2H;2-5H,6,10H2,1H3. The minimum atomic E-state index is 0.176. The van der Waals surface area contributed by atoms with Gasteiger partial charge in [0, 0.05) is 12.1 Å². The molecule has 0 radical (unpaired) electrons. The van der Waals surface area contributed by atoms with E-state index in [4.69, 9.17) is 18.6 Å². The summed E-state index contributed by atoms with van der Waals surface area (Å²) >= 11 is 0. The lowest BCUT2D eigenvalue weighted by molar-refractivity contribution is -0.116. The zero-order valence-electron chi connectivity index (χ0n) is 13.7. The van der Waals surface area contributed by atoms with Crippen LogP contribution in [0.2, 0.25) is 0 Å². The lowest BCUT2D eigenvalue weighted by Gasteiger charge is -1.96. The molecule has 0 heterocycles. The summed E-state index contributed by atoms with van der Waals surface area (Å²) in [5.41, 5.74) is 7.23. The van der Waals surface area contributed by atoms with E-state index in [1.807, 2.05) is 12.1 Å². The average Bonchev–Trinajstić information content (AvgIpc) is 2.59. The molecular weight excluding hydrogens is 306 g/mol. The summed E-state index contributed by atoms with van der Waals surface area (Å²) < 4.78 is 0. The summed E-state index contributed by atoms with van der Waals surface area (Å²) in [6.07, 6.45) is 10.2. The van der Waals surface area contributed by atoms with Crippen LogP contribution in [0.1, 0.15) is 12.5 Å². The van der Waals surface area contributed by atoms with Crippen molar-refractivity contribution in [3.8, 4) is 83.9 Å². The van der Waals surface area contributed by atoms with Crippen LogP contribution in [0.15, 0.2) is 24.3 Å². The summed E-state index contributed by atoms with van der Waals surface area (Å²) in [5.74, 6) is 28.5. The number of benzene rings is 1. The molecule has 1 aromatic carbocycles. The molecule has 0 saturated heterocycles. The number of ketones is 1. The van der Waals surface area contributed by atoms with E-state index >= 15 is 0 Å². The van der Waals surface area contributed by atoms with Crippen LogP contribution in [0.3, 0.4) is 0 Å². The van der Waals surface area contributed by atoms with Crippen LogP contribution in [0.5, 0.6) is 0 Å². The molecule has 1 rings (SSSR count). The van der Waals surface area contributed by atoms with Gasteiger partial charge in [0.15, 0.2) is 0 Å². The number of anilines is 1. The van der Waals surface area contributed by atoms with Crippen molar-refractivity contribution in [1.82, 2.24) is 0 Å². The lowest BCUT2D eigenvalue weighted by Crippen LogP contribution is -1.96. The third kappa shape index (κ3) is 14.3. The van der Waals surface area contributed by atoms with Crippen molar-refractivity contribution in [3.63, 3.8) is 0 Å². The van der Waals surface area contributed by atoms with Crippen molar-refractivity contribution in [2.75, 3.05) is 5.73 Å². The van der Waals surface area contributed by atoms with Crippen LogP contribution < -0.4 is 5.73 Å². The number of nitrogen functional groups attached to an aromatic ring is 1. The summed E-state index contributed by atoms with van der Waals surface area (Å²) in [6, 6.07) is 7.35. The van der Waals surface area contributed by atoms with Crippen LogP contribution in [0.4, 0.5) is 5.69 Å². The molecule has 2 heteroatoms. The first-order valence-corrected chi connectivity index (χ1v) is 6.85. The Morgan fingerprint density at radius 3 is 1.48 bits per heavy atom. The molecule has 0 aliphatic carbocycles. The number of hydrogen-bond donors (Lipinski definition) is 1. The second-order valence-electron chi connectivity index (χ2n) is 4.16. The molecule has 0 saturated carbocycles. The van der Waals surface area contributed by atoms with Crippen LogP contribution in [-0.4, -0.2) is 5.78 Å². The number of carbonyl (C=O) groups is 1. The fraction of sp³-hybridized carbons (Fsp3) is 0.0870. The van der Waals surface area contributed by atoms with Gasteiger partial charge in [-0.3, -0.25) is 4.79 Å². The average molecular weight is 319 g/mol. The lowest BCUT2D eigenvalue weighted by atomic mass is 10.1. The molecule has 0 amide bonds. The van der Waals surface area contributed by atoms with Gasteiger partial charge < -0.3 is 5.73 Å². The van der Waals surface area contributed by atoms with Crippen molar-refractivity contribution < 1.29 is 4.79 Å². The zero-order valence-corrected chi connectivity index (χ0v) is 13.7. The molecule has 0 aliphatic rings. The molecule has 0 spiro atoms. The Hall–Kier alpha value is -4.39. The maximum Gasteiger partial charge on any atom is 0.134 e. The van der Waals surface area contributed by atoms with Crippen LogP contribution >= 0.6 is 0 Å². The Labute approximate surface area is 149 Å². The summed E-state index contributed by atoms with van der Waals surface area (Å²) in [6.45, 7) is 1.58. The van der Waals surface area contributed by atoms with Gasteiger partial charge in [-0.2, -0.15) is 0 Å². The van der Waals surface area contributed by atoms with Crippen molar-refractivity contribution in [2.45, 2.75) is 13.3 Å². The third-order valence-electron chi connectivity index (χ3n) is 2.14. The highest BCUT2D eigenvalue weighted by Crippen LogP contribution is 2.05. The van der Waals surface area contributed by atoms with E-state index in [-0.39, 0.29) is 5.78 Å². The number of Topliss-reactive ketones (excluding diaryl/α,β-unsaturated/α-hetero) is 1. The predicted octanol–water partition coefficient (Wildman–Crippen LogP) is 1.67. The fourth-order valence-electron chi connectivity index (χ4n) is 1.25. The zero-order chi connectivity index (χ0) is 18.8. The number of terminal acetylenes is 2. The Morgan fingerprint density at radius 2 is 1.16 bits per heavy atom. The van der Waals surface area contributed by atoms with E-state index < -0.39 is 0 Å². The van der Waals surface area contributed by atoms with Crippen LogP contribution in [0, 0.1) is 83.9 Å². The summed E-state index contributed by atoms with van der Waals surface area (Å²) in [4.78, 5) is 10.7. The Kier molecular flexibility index (Phi) is 12.0. The summed E-state index contributed by atoms with van der Waals surface area (Å²) in [5, 5.41) is 0. The van der Waals surface area contributed by atoms with Crippen molar-refractivity contribution >= 4 is 11.5 Å². The second-order valence-corrected chi connectivity index (χ2v) is 4.16. The van der Waals surface area contributed by atoms with Gasteiger partial charge in [0.1, 0.15) is 5.78 Å². The number of hydrogen-bond acceptors (Lipinski definition) is 2. The molecular formula is C23H13NO. The van der Waals surface area contributed by atoms with Gasteiger partial charge in [0.25, 0.3) is 0 Å². The molecule has 2 nitrogen and oxygen atoms in total. The van der Waals surface area contributed by atoms with E-state index in [1.54, 1.807) is 19.1 Å². The summed E-state index contributed by atoms with van der Waals surface area (Å²) in [7, 11) is 0. The van der Waals surface area contributed by atoms with Gasteiger partial charge in [-0.1, -0.05) is 12.1 Å². The minimum Gasteiger partial charge on any atom is -0.399 e. The normalized spacial score (nSPS) is 6.20. The Bertz CT molecular complexity index is 932. The van der Waals surface area contributed by atoms with E-state index in [2.05, 4.69) is 71.0 Å². The van der Waals surface area contributed by atoms with Gasteiger partial charge in [0.2, 0.25) is 0 Å². The third-order valence-corrected chi connectivity index (χ3v) is 2.14. The van der Waals surface area contributed by atoms with Crippen LogP contribution in [-0.2, 0) is 11.2 Å². The van der Waals surface area contributed by atoms with Gasteiger partial charge in [-0.25, -0.2) is 0 Å². The van der Waals surface area contributed by atoms with Crippen molar-refractivity contribution in [2.24, 2.45) is 0 Å². The predicted molar refractivity (Wildman–Crippen MR) is 102 cm³/mol. The number of carbonyl (C=O) groups excluding carboxylic acids is 1. The van der Waals surface area contributed by atoms with Crippen LogP contribution in [0.25, 0.3) is 0 Å². The molecule has 0 aromatic heterocycles. The van der Waals surface area contributed by atoms with E-state index in [1.165, 1.54) is 0 Å². The van der Waals surface area contributed by atoms with Gasteiger partial charge in [-0.15, -0.1) is 12.8 Å². The molecule has 1 aromatic rings. The van der Waals surface area contributed by atoms with Gasteiger partial charge >= 0.3 is 0 Å². The minimum absolute atomic E-state index is 0.176. The molecule has 0 aliphatic heterocycles. The Balaban J connectivity index is 0.000000472. The topological polar surface area (TPSA) is 43.1 Å². The SMILES string of the molecule is C#CC#CC#CC#CC#CC#CC#C.CC(=O)Cc1ccc(N)cc1. The monoisotopic (exact) mass is 319 g/mol. The first-order valence-electron chi connectivity index (χ1n) is 6.85. The van der Waals surface area contributed by atoms with Crippen molar-refractivity contribution in [1.29, 1.82) is 0 Å². The molecule has 0 fully saturated rings. The van der Waals surface area contributed by atoms with E-state index in [0.717, 1.165) is 11.3 Å². The maximum atomic E-state index is 10.7. The number of rotatable bonds is 2. The fourth-order valence-corrected chi connectivity index (χ4v) is 1.25. The first-order chi connectivity index (χ1) is 12.1. The molecule has 0 atom stereocenters.